The van der Waals surface area contributed by atoms with Crippen LogP contribution in [-0.2, 0) is 11.3 Å². The van der Waals surface area contributed by atoms with Crippen molar-refractivity contribution in [1.29, 1.82) is 0 Å². The Morgan fingerprint density at radius 1 is 1.25 bits per heavy atom. The number of halogens is 1. The molecule has 2 heterocycles. The fraction of sp³-hybridized carbons (Fsp3) is 0.125. The number of hydrogen-bond acceptors (Lipinski definition) is 5. The Hall–Kier alpha value is -2.87. The highest BCUT2D eigenvalue weighted by Gasteiger charge is 2.09. The molecule has 1 amide bonds. The molecular weight excluding hydrogens is 331 g/mol. The summed E-state index contributed by atoms with van der Waals surface area (Å²) in [4.78, 5) is 24.0. The van der Waals surface area contributed by atoms with Crippen molar-refractivity contribution in [2.24, 2.45) is 0 Å². The van der Waals surface area contributed by atoms with Crippen LogP contribution in [0.15, 0.2) is 47.3 Å². The van der Waals surface area contributed by atoms with Crippen LogP contribution < -0.4 is 10.9 Å². The van der Waals surface area contributed by atoms with Gasteiger partial charge in [0.1, 0.15) is 17.4 Å². The highest BCUT2D eigenvalue weighted by molar-refractivity contribution is 7.10. The average molecular weight is 344 g/mol. The summed E-state index contributed by atoms with van der Waals surface area (Å²) in [5.41, 5.74) is 1.56. The maximum Gasteiger partial charge on any atom is 0.267 e. The molecular formula is C16H13FN4O2S. The molecule has 0 aliphatic carbocycles. The molecule has 0 fully saturated rings. The van der Waals surface area contributed by atoms with Gasteiger partial charge in [0.2, 0.25) is 5.91 Å². The number of hydrogen-bond donors (Lipinski definition) is 1. The first kappa shape index (κ1) is 16.0. The topological polar surface area (TPSA) is 76.9 Å². The van der Waals surface area contributed by atoms with Crippen LogP contribution in [0.25, 0.3) is 11.3 Å². The van der Waals surface area contributed by atoms with E-state index in [0.717, 1.165) is 10.4 Å². The van der Waals surface area contributed by atoms with Gasteiger partial charge in [-0.15, -0.1) is 0 Å². The Morgan fingerprint density at radius 3 is 2.67 bits per heavy atom. The lowest BCUT2D eigenvalue weighted by Gasteiger charge is -2.07. The van der Waals surface area contributed by atoms with Crippen molar-refractivity contribution in [3.05, 3.63) is 64.3 Å². The Balaban J connectivity index is 1.80. The van der Waals surface area contributed by atoms with Gasteiger partial charge in [0.05, 0.1) is 11.4 Å². The molecule has 0 saturated heterocycles. The van der Waals surface area contributed by atoms with E-state index in [1.165, 1.54) is 35.8 Å². The molecule has 1 aromatic carbocycles. The molecule has 0 aliphatic heterocycles. The molecule has 3 rings (SSSR count). The van der Waals surface area contributed by atoms with Gasteiger partial charge in [-0.1, -0.05) is 0 Å². The van der Waals surface area contributed by atoms with Crippen LogP contribution in [0.1, 0.15) is 5.69 Å². The van der Waals surface area contributed by atoms with Gasteiger partial charge in [-0.2, -0.15) is 9.47 Å². The Labute approximate surface area is 140 Å². The minimum Gasteiger partial charge on any atom is -0.315 e. The Morgan fingerprint density at radius 2 is 2.00 bits per heavy atom. The van der Waals surface area contributed by atoms with Crippen molar-refractivity contribution < 1.29 is 9.18 Å². The van der Waals surface area contributed by atoms with Crippen LogP contribution >= 0.6 is 11.5 Å². The van der Waals surface area contributed by atoms with E-state index < -0.39 is 5.56 Å². The van der Waals surface area contributed by atoms with E-state index in [-0.39, 0.29) is 18.3 Å². The van der Waals surface area contributed by atoms with Crippen LogP contribution in [0, 0.1) is 12.7 Å². The predicted octanol–water partition coefficient (Wildman–Crippen LogP) is 2.45. The summed E-state index contributed by atoms with van der Waals surface area (Å²) in [7, 11) is 0. The maximum absolute atomic E-state index is 13.0. The summed E-state index contributed by atoms with van der Waals surface area (Å²) in [6.45, 7) is 1.61. The van der Waals surface area contributed by atoms with E-state index in [1.54, 1.807) is 18.2 Å². The lowest BCUT2D eigenvalue weighted by atomic mass is 10.1. The second-order valence-electron chi connectivity index (χ2n) is 5.10. The number of rotatable bonds is 4. The van der Waals surface area contributed by atoms with Crippen LogP contribution in [-0.4, -0.2) is 20.1 Å². The SMILES string of the molecule is Cc1cc(NC(=O)Cn2nc(-c3ccc(F)cc3)ccc2=O)sn1. The maximum atomic E-state index is 13.0. The smallest absolute Gasteiger partial charge is 0.267 e. The fourth-order valence-corrected chi connectivity index (χ4v) is 2.75. The number of carbonyl (C=O) groups is 1. The number of carbonyl (C=O) groups excluding carboxylic acids is 1. The van der Waals surface area contributed by atoms with Crippen molar-refractivity contribution in [2.45, 2.75) is 13.5 Å². The van der Waals surface area contributed by atoms with E-state index in [9.17, 15) is 14.0 Å². The number of nitrogens with one attached hydrogen (secondary N) is 1. The lowest BCUT2D eigenvalue weighted by Crippen LogP contribution is -2.29. The van der Waals surface area contributed by atoms with Crippen molar-refractivity contribution >= 4 is 22.4 Å². The monoisotopic (exact) mass is 344 g/mol. The molecule has 0 spiro atoms. The first-order valence-corrected chi connectivity index (χ1v) is 7.86. The summed E-state index contributed by atoms with van der Waals surface area (Å²) < 4.78 is 18.1. The van der Waals surface area contributed by atoms with E-state index >= 15 is 0 Å². The third-order valence-electron chi connectivity index (χ3n) is 3.19. The first-order valence-electron chi connectivity index (χ1n) is 7.08. The summed E-state index contributed by atoms with van der Waals surface area (Å²) in [6.07, 6.45) is 0. The van der Waals surface area contributed by atoms with Crippen molar-refractivity contribution in [1.82, 2.24) is 14.2 Å². The van der Waals surface area contributed by atoms with Gasteiger partial charge in [0, 0.05) is 11.6 Å². The molecule has 6 nitrogen and oxygen atoms in total. The zero-order valence-corrected chi connectivity index (χ0v) is 13.5. The standard InChI is InChI=1S/C16H13FN4O2S/c1-10-8-15(24-20-10)18-14(22)9-21-16(23)7-6-13(19-21)11-2-4-12(17)5-3-11/h2-8H,9H2,1H3,(H,18,22). The van der Waals surface area contributed by atoms with E-state index in [4.69, 9.17) is 0 Å². The van der Waals surface area contributed by atoms with E-state index in [2.05, 4.69) is 14.8 Å². The molecule has 2 aromatic heterocycles. The molecule has 0 atom stereocenters. The highest BCUT2D eigenvalue weighted by Crippen LogP contribution is 2.16. The third kappa shape index (κ3) is 3.72. The minimum absolute atomic E-state index is 0.217. The molecule has 8 heteroatoms. The zero-order chi connectivity index (χ0) is 17.1. The number of amides is 1. The van der Waals surface area contributed by atoms with Crippen molar-refractivity contribution in [2.75, 3.05) is 5.32 Å². The third-order valence-corrected chi connectivity index (χ3v) is 3.99. The summed E-state index contributed by atoms with van der Waals surface area (Å²) in [6, 6.07) is 10.4. The van der Waals surface area contributed by atoms with Crippen LogP contribution in [0.4, 0.5) is 9.39 Å². The summed E-state index contributed by atoms with van der Waals surface area (Å²) in [5, 5.41) is 7.45. The van der Waals surface area contributed by atoms with E-state index in [1.807, 2.05) is 6.92 Å². The second kappa shape index (κ2) is 6.71. The lowest BCUT2D eigenvalue weighted by molar-refractivity contribution is -0.116. The normalized spacial score (nSPS) is 10.6. The summed E-state index contributed by atoms with van der Waals surface area (Å²) in [5.74, 6) is -0.726. The quantitative estimate of drug-likeness (QED) is 0.789. The minimum atomic E-state index is -0.392. The highest BCUT2D eigenvalue weighted by atomic mass is 32.1. The summed E-state index contributed by atoms with van der Waals surface area (Å²) >= 11 is 1.17. The van der Waals surface area contributed by atoms with Gasteiger partial charge in [0.25, 0.3) is 5.56 Å². The van der Waals surface area contributed by atoms with Crippen LogP contribution in [0.2, 0.25) is 0 Å². The molecule has 3 aromatic rings. The van der Waals surface area contributed by atoms with Gasteiger partial charge >= 0.3 is 0 Å². The molecule has 0 saturated carbocycles. The number of anilines is 1. The number of aryl methyl sites for hydroxylation is 1. The zero-order valence-electron chi connectivity index (χ0n) is 12.7. The van der Waals surface area contributed by atoms with Gasteiger partial charge < -0.3 is 5.32 Å². The number of aromatic nitrogens is 3. The fourth-order valence-electron chi connectivity index (χ4n) is 2.07. The largest absolute Gasteiger partial charge is 0.315 e. The molecule has 0 unspecified atom stereocenters. The second-order valence-corrected chi connectivity index (χ2v) is 5.91. The van der Waals surface area contributed by atoms with Crippen molar-refractivity contribution in [3.63, 3.8) is 0 Å². The molecule has 0 radical (unpaired) electrons. The van der Waals surface area contributed by atoms with Crippen molar-refractivity contribution in [3.8, 4) is 11.3 Å². The van der Waals surface area contributed by atoms with Gasteiger partial charge in [-0.3, -0.25) is 9.59 Å². The van der Waals surface area contributed by atoms with Crippen LogP contribution in [0.3, 0.4) is 0 Å². The predicted molar refractivity (Wildman–Crippen MR) is 89.4 cm³/mol. The van der Waals surface area contributed by atoms with Gasteiger partial charge in [0.15, 0.2) is 0 Å². The van der Waals surface area contributed by atoms with Crippen LogP contribution in [0.5, 0.6) is 0 Å². The molecule has 0 aliphatic rings. The Bertz CT molecular complexity index is 934. The number of nitrogens with zero attached hydrogens (tertiary/aromatic N) is 3. The molecule has 1 N–H and O–H groups in total. The van der Waals surface area contributed by atoms with Gasteiger partial charge in [-0.05, 0) is 54.9 Å². The molecule has 24 heavy (non-hydrogen) atoms. The number of benzene rings is 1. The molecule has 122 valence electrons. The first-order chi connectivity index (χ1) is 11.5. The average Bonchev–Trinajstić information content (AvgIpc) is 2.95. The van der Waals surface area contributed by atoms with E-state index in [0.29, 0.717) is 16.3 Å². The molecule has 0 bridgehead atoms. The Kier molecular flexibility index (Phi) is 4.48. The van der Waals surface area contributed by atoms with Gasteiger partial charge in [-0.25, -0.2) is 9.07 Å².